The van der Waals surface area contributed by atoms with Crippen LogP contribution in [0.4, 0.5) is 0 Å². The molecule has 2 fully saturated rings. The van der Waals surface area contributed by atoms with Crippen molar-refractivity contribution in [3.8, 4) is 0 Å². The van der Waals surface area contributed by atoms with Crippen molar-refractivity contribution in [1.29, 1.82) is 0 Å². The molecule has 1 heterocycles. The number of carbonyl (C=O) groups is 1. The van der Waals surface area contributed by atoms with Crippen LogP contribution in [0.2, 0.25) is 0 Å². The van der Waals surface area contributed by atoms with Gasteiger partial charge in [-0.15, -0.1) is 0 Å². The number of piperidine rings is 1. The SMILES string of the molecule is CC1CC(N)CCN1C(=O)C1C(C)(C)C1(C)C. The van der Waals surface area contributed by atoms with E-state index in [0.29, 0.717) is 11.9 Å². The number of carbonyl (C=O) groups excluding carboxylic acids is 1. The number of amides is 1. The summed E-state index contributed by atoms with van der Waals surface area (Å²) in [7, 11) is 0. The van der Waals surface area contributed by atoms with Gasteiger partial charge in [-0.25, -0.2) is 0 Å². The van der Waals surface area contributed by atoms with Gasteiger partial charge in [-0.05, 0) is 30.6 Å². The Balaban J connectivity index is 2.08. The molecular formula is C14H26N2O. The first-order valence-corrected chi connectivity index (χ1v) is 6.75. The van der Waals surface area contributed by atoms with E-state index in [1.54, 1.807) is 0 Å². The summed E-state index contributed by atoms with van der Waals surface area (Å²) in [6.07, 6.45) is 1.89. The molecule has 1 amide bonds. The van der Waals surface area contributed by atoms with Crippen molar-refractivity contribution in [2.45, 2.75) is 59.5 Å². The highest BCUT2D eigenvalue weighted by Crippen LogP contribution is 2.68. The van der Waals surface area contributed by atoms with E-state index in [9.17, 15) is 4.79 Å². The summed E-state index contributed by atoms with van der Waals surface area (Å²) < 4.78 is 0. The van der Waals surface area contributed by atoms with Crippen molar-refractivity contribution in [1.82, 2.24) is 4.90 Å². The molecule has 1 saturated heterocycles. The molecule has 1 saturated carbocycles. The maximum absolute atomic E-state index is 12.6. The Morgan fingerprint density at radius 3 is 2.18 bits per heavy atom. The summed E-state index contributed by atoms with van der Waals surface area (Å²) in [5.41, 5.74) is 6.23. The molecule has 0 aromatic carbocycles. The van der Waals surface area contributed by atoms with Crippen LogP contribution in [-0.4, -0.2) is 29.4 Å². The normalized spacial score (nSPS) is 35.8. The lowest BCUT2D eigenvalue weighted by molar-refractivity contribution is -0.137. The van der Waals surface area contributed by atoms with Crippen LogP contribution in [0.5, 0.6) is 0 Å². The second-order valence-electron chi connectivity index (χ2n) is 7.04. The molecule has 2 aliphatic rings. The van der Waals surface area contributed by atoms with Crippen LogP contribution in [0, 0.1) is 16.7 Å². The van der Waals surface area contributed by atoms with E-state index in [0.717, 1.165) is 19.4 Å². The summed E-state index contributed by atoms with van der Waals surface area (Å²) in [5, 5.41) is 0. The van der Waals surface area contributed by atoms with Gasteiger partial charge in [0.25, 0.3) is 0 Å². The number of rotatable bonds is 1. The quantitative estimate of drug-likeness (QED) is 0.759. The number of nitrogens with zero attached hydrogens (tertiary/aromatic N) is 1. The third kappa shape index (κ3) is 1.79. The molecule has 1 aliphatic heterocycles. The minimum absolute atomic E-state index is 0.142. The third-order valence-electron chi connectivity index (χ3n) is 5.47. The average Bonchev–Trinajstić information content (AvgIpc) is 2.56. The minimum Gasteiger partial charge on any atom is -0.340 e. The van der Waals surface area contributed by atoms with Gasteiger partial charge in [-0.1, -0.05) is 27.7 Å². The second-order valence-corrected chi connectivity index (χ2v) is 7.04. The number of hydrogen-bond acceptors (Lipinski definition) is 2. The van der Waals surface area contributed by atoms with Crippen LogP contribution in [0.1, 0.15) is 47.5 Å². The van der Waals surface area contributed by atoms with Crippen LogP contribution < -0.4 is 5.73 Å². The maximum Gasteiger partial charge on any atom is 0.227 e. The van der Waals surface area contributed by atoms with Crippen LogP contribution in [-0.2, 0) is 4.79 Å². The highest BCUT2D eigenvalue weighted by molar-refractivity contribution is 5.84. The molecular weight excluding hydrogens is 212 g/mol. The van der Waals surface area contributed by atoms with Crippen molar-refractivity contribution >= 4 is 5.91 Å². The Bertz CT molecular complexity index is 321. The number of nitrogens with two attached hydrogens (primary N) is 1. The Morgan fingerprint density at radius 2 is 1.76 bits per heavy atom. The van der Waals surface area contributed by atoms with Gasteiger partial charge in [0, 0.05) is 24.5 Å². The molecule has 0 aromatic rings. The molecule has 2 rings (SSSR count). The Kier molecular flexibility index (Phi) is 2.81. The van der Waals surface area contributed by atoms with Gasteiger partial charge in [0.2, 0.25) is 5.91 Å². The van der Waals surface area contributed by atoms with Crippen LogP contribution >= 0.6 is 0 Å². The van der Waals surface area contributed by atoms with Crippen LogP contribution in [0.15, 0.2) is 0 Å². The average molecular weight is 238 g/mol. The first kappa shape index (κ1) is 12.9. The van der Waals surface area contributed by atoms with E-state index >= 15 is 0 Å². The van der Waals surface area contributed by atoms with E-state index < -0.39 is 0 Å². The smallest absolute Gasteiger partial charge is 0.227 e. The highest BCUT2D eigenvalue weighted by Gasteiger charge is 2.69. The molecule has 17 heavy (non-hydrogen) atoms. The van der Waals surface area contributed by atoms with Crippen LogP contribution in [0.3, 0.4) is 0 Å². The zero-order valence-corrected chi connectivity index (χ0v) is 11.8. The van der Waals surface area contributed by atoms with Crippen molar-refractivity contribution in [2.75, 3.05) is 6.54 Å². The van der Waals surface area contributed by atoms with Crippen molar-refractivity contribution in [3.63, 3.8) is 0 Å². The molecule has 2 N–H and O–H groups in total. The van der Waals surface area contributed by atoms with Crippen molar-refractivity contribution in [3.05, 3.63) is 0 Å². The van der Waals surface area contributed by atoms with Gasteiger partial charge < -0.3 is 10.6 Å². The lowest BCUT2D eigenvalue weighted by Gasteiger charge is -2.37. The van der Waals surface area contributed by atoms with Crippen molar-refractivity contribution in [2.24, 2.45) is 22.5 Å². The van der Waals surface area contributed by atoms with Gasteiger partial charge in [0.15, 0.2) is 0 Å². The fraction of sp³-hybridized carbons (Fsp3) is 0.929. The lowest BCUT2D eigenvalue weighted by atomic mass is 9.98. The van der Waals surface area contributed by atoms with Gasteiger partial charge >= 0.3 is 0 Å². The van der Waals surface area contributed by atoms with E-state index in [-0.39, 0.29) is 22.8 Å². The molecule has 98 valence electrons. The summed E-state index contributed by atoms with van der Waals surface area (Å²) in [5.74, 6) is 0.533. The molecule has 2 atom stereocenters. The standard InChI is InChI=1S/C14H26N2O/c1-9-8-10(15)6-7-16(9)12(17)11-13(2,3)14(11,4)5/h9-11H,6-8,15H2,1-5H3. The second kappa shape index (κ2) is 3.71. The van der Waals surface area contributed by atoms with E-state index in [2.05, 4.69) is 39.5 Å². The minimum atomic E-state index is 0.142. The zero-order chi connectivity index (χ0) is 13.0. The topological polar surface area (TPSA) is 46.3 Å². The molecule has 0 radical (unpaired) electrons. The van der Waals surface area contributed by atoms with Gasteiger partial charge in [-0.3, -0.25) is 4.79 Å². The zero-order valence-electron chi connectivity index (χ0n) is 11.8. The Morgan fingerprint density at radius 1 is 1.24 bits per heavy atom. The molecule has 1 aliphatic carbocycles. The monoisotopic (exact) mass is 238 g/mol. The lowest BCUT2D eigenvalue weighted by Crippen LogP contribution is -2.49. The summed E-state index contributed by atoms with van der Waals surface area (Å²) >= 11 is 0. The molecule has 0 spiro atoms. The fourth-order valence-corrected chi connectivity index (χ4v) is 3.52. The predicted octanol–water partition coefficient (Wildman–Crippen LogP) is 2.01. The van der Waals surface area contributed by atoms with Gasteiger partial charge in [-0.2, -0.15) is 0 Å². The molecule has 0 bridgehead atoms. The summed E-state index contributed by atoms with van der Waals surface area (Å²) in [4.78, 5) is 14.7. The third-order valence-corrected chi connectivity index (χ3v) is 5.47. The van der Waals surface area contributed by atoms with Crippen LogP contribution in [0.25, 0.3) is 0 Å². The Labute approximate surface area is 105 Å². The molecule has 3 nitrogen and oxygen atoms in total. The largest absolute Gasteiger partial charge is 0.340 e. The van der Waals surface area contributed by atoms with E-state index in [1.165, 1.54) is 0 Å². The highest BCUT2D eigenvalue weighted by atomic mass is 16.2. The van der Waals surface area contributed by atoms with Crippen molar-refractivity contribution < 1.29 is 4.79 Å². The van der Waals surface area contributed by atoms with E-state index in [1.807, 2.05) is 0 Å². The summed E-state index contributed by atoms with van der Waals surface area (Å²) in [6.45, 7) is 11.8. The fourth-order valence-electron chi connectivity index (χ4n) is 3.52. The van der Waals surface area contributed by atoms with Gasteiger partial charge in [0.05, 0.1) is 0 Å². The number of likely N-dealkylation sites (tertiary alicyclic amines) is 1. The first-order valence-electron chi connectivity index (χ1n) is 6.75. The molecule has 3 heteroatoms. The molecule has 2 unspecified atom stereocenters. The first-order chi connectivity index (χ1) is 7.69. The Hall–Kier alpha value is -0.570. The van der Waals surface area contributed by atoms with E-state index in [4.69, 9.17) is 5.73 Å². The number of hydrogen-bond donors (Lipinski definition) is 1. The summed E-state index contributed by atoms with van der Waals surface area (Å²) in [6, 6.07) is 0.577. The van der Waals surface area contributed by atoms with Gasteiger partial charge in [0.1, 0.15) is 0 Å². The predicted molar refractivity (Wildman–Crippen MR) is 69.4 cm³/mol. The maximum atomic E-state index is 12.6. The molecule has 0 aromatic heterocycles.